The van der Waals surface area contributed by atoms with Gasteiger partial charge in [0.25, 0.3) is 0 Å². The molecular weight excluding hydrogens is 1600 g/mol. The lowest BCUT2D eigenvalue weighted by atomic mass is 9.89. The van der Waals surface area contributed by atoms with Crippen molar-refractivity contribution in [3.8, 4) is 47.7 Å². The molecule has 582 valence electrons. The zero-order chi connectivity index (χ0) is 79.9. The van der Waals surface area contributed by atoms with Crippen LogP contribution in [-0.4, -0.2) is 195 Å². The average molecular weight is 1680 g/mol. The molecule has 6 aliphatic rings. The molecule has 6 aromatic rings. The second-order valence-electron chi connectivity index (χ2n) is 28.1. The fourth-order valence-electron chi connectivity index (χ4n) is 12.9. The highest BCUT2D eigenvalue weighted by molar-refractivity contribution is 8.00. The lowest BCUT2D eigenvalue weighted by molar-refractivity contribution is -0.949. The molecule has 34 heteroatoms. The number of nitrogens with zero attached hydrogens (tertiary/aromatic N) is 8. The first kappa shape index (κ1) is 84.5. The molecule has 0 spiro atoms. The number of rotatable bonds is 25. The monoisotopic (exact) mass is 1670 g/mol. The number of thiazole rings is 2. The zero-order valence-corrected chi connectivity index (χ0v) is 66.1. The number of aromatic hydroxyl groups is 4. The van der Waals surface area contributed by atoms with Crippen molar-refractivity contribution >= 4 is 139 Å². The number of nitrogen functional groups attached to an aromatic ring is 2. The Morgan fingerprint density at radius 2 is 1.01 bits per heavy atom. The van der Waals surface area contributed by atoms with Crippen LogP contribution in [0.1, 0.15) is 96.4 Å². The van der Waals surface area contributed by atoms with Gasteiger partial charge in [0.05, 0.1) is 42.7 Å². The fourth-order valence-corrected chi connectivity index (χ4v) is 17.0. The van der Waals surface area contributed by atoms with Crippen LogP contribution in [0.25, 0.3) is 12.2 Å². The highest BCUT2D eigenvalue weighted by Crippen LogP contribution is 2.48. The van der Waals surface area contributed by atoms with Gasteiger partial charge in [-0.1, -0.05) is 83.1 Å². The van der Waals surface area contributed by atoms with E-state index in [1.807, 2.05) is 48.5 Å². The van der Waals surface area contributed by atoms with Crippen LogP contribution in [0.4, 0.5) is 10.3 Å². The van der Waals surface area contributed by atoms with Gasteiger partial charge in [-0.05, 0) is 103 Å². The maximum absolute atomic E-state index is 13.5. The first-order chi connectivity index (χ1) is 52.1. The molecular formula is C77H79BrClN10O18S4+. The van der Waals surface area contributed by atoms with E-state index >= 15 is 0 Å². The highest BCUT2D eigenvalue weighted by Gasteiger charge is 2.56. The largest absolute Gasteiger partial charge is 1.00 e. The van der Waals surface area contributed by atoms with Crippen LogP contribution >= 0.6 is 57.8 Å². The van der Waals surface area contributed by atoms with E-state index in [4.69, 9.17) is 45.6 Å². The normalized spacial score (nSPS) is 20.7. The number of benzene rings is 4. The third kappa shape index (κ3) is 19.5. The van der Waals surface area contributed by atoms with Gasteiger partial charge in [0.2, 0.25) is 23.0 Å². The van der Waals surface area contributed by atoms with Crippen LogP contribution < -0.4 is 28.4 Å². The molecule has 12 rings (SSSR count). The number of anilines is 2. The van der Waals surface area contributed by atoms with E-state index in [1.165, 1.54) is 71.8 Å². The Balaban J connectivity index is 0.000000217. The van der Waals surface area contributed by atoms with Crippen molar-refractivity contribution < 1.29 is 115 Å². The van der Waals surface area contributed by atoms with E-state index in [0.717, 1.165) is 97.7 Å². The number of hydrogen-bond acceptors (Lipinski definition) is 24. The highest BCUT2D eigenvalue weighted by atomic mass is 79.9. The van der Waals surface area contributed by atoms with Gasteiger partial charge < -0.3 is 87.9 Å². The Kier molecular flexibility index (Phi) is 26.8. The number of phenolic OH excluding ortho intramolecular Hbond substituents is 4. The van der Waals surface area contributed by atoms with Crippen LogP contribution in [0.15, 0.2) is 129 Å². The summed E-state index contributed by atoms with van der Waals surface area (Å²) >= 11 is 10.6. The number of likely N-dealkylation sites (N-methyl/N-ethyl adjacent to an activating group) is 1. The summed E-state index contributed by atoms with van der Waals surface area (Å²) in [6, 6.07) is 21.8. The summed E-state index contributed by atoms with van der Waals surface area (Å²) in [6.07, 6.45) is 19.0. The third-order valence-electron chi connectivity index (χ3n) is 19.2. The topological polar surface area (TPSA) is 426 Å². The van der Waals surface area contributed by atoms with E-state index in [2.05, 4.69) is 39.2 Å². The number of halogens is 2. The number of allylic oxidation sites excluding steroid dienone is 2. The molecule has 4 aromatic carbocycles. The standard InChI is InChI=1S/C38H37N5O9S2.C26H25ClN4O7S2.C13H15NO2.BrH/c1-4-12-43(13-11-23-14-28(44)29(45)15-25(23)18-43)17-22-7-5-21(6-8-22)9-10-24-19-53-34-26(33(47)42(34)32(24)35(48)49)16-30(46)31(27-20-54-37(39)40-27)41-52-38(2,3)36(50)51;1-26(2,24(36)37)38-30-19(17-12-40-25(28)29-17)18(32)9-16-21(33)31-20(23(34)35)15(11-39-22(16)31)8-7-13-3-5-14(10-27)6-4-13;1-3-5-14(2)6-4-10-7-12(15)13(16)8-11(10)9-14;/h1,5-10,14-15,20,26,34H,11-13,16-19H2,2-3H3,(H5-,39,40,41,44,45,46,48,49,50,51);3-8,12,16,22H,9-11H2,1-2H3,(H2,28,29)(H,34,35)(H,36,37);1,7-8H,4-6,9H2,2H3,(H-,15,16);1H/p+1/b;8-7?,30-19-;;/t26-,34-,43?;16-,22-;;/m11../s1. The number of thioether (sulfide) groups is 2. The average Bonchev–Trinajstić information content (AvgIpc) is 0.739. The number of ketones is 2. The van der Waals surface area contributed by atoms with Crippen molar-refractivity contribution in [1.82, 2.24) is 19.8 Å². The number of Topliss-reactive ketones (excluding diaryl/α,β-unsaturated/α-hetero) is 2. The van der Waals surface area contributed by atoms with Crippen LogP contribution in [0.3, 0.4) is 0 Å². The fraction of sp³-hybridized carbons (Fsp3) is 0.325. The van der Waals surface area contributed by atoms with Gasteiger partial charge in [0.1, 0.15) is 55.5 Å². The van der Waals surface area contributed by atoms with Crippen LogP contribution in [-0.2, 0) is 86.4 Å². The number of quaternary nitrogens is 2. The molecule has 0 radical (unpaired) electrons. The molecule has 2 aromatic heterocycles. The Morgan fingerprint density at radius 1 is 0.613 bits per heavy atom. The van der Waals surface area contributed by atoms with E-state index in [0.29, 0.717) is 59.9 Å². The summed E-state index contributed by atoms with van der Waals surface area (Å²) in [5.41, 5.74) is 16.0. The SMILES string of the molecule is C#CC[N+]1(C)CCc2cc(O)c(O)cc2C1.C#CC[N+]1(Cc2ccc(C=CC3=C(C(=O)O)N4C(=O)[C@@H](CC(=O)/C(=N\OC(C)(C)C(=O)O)c5csc(N)n5)[C@H]4SC3)cc2)CCc2cc(O)c(O)cc2C1.CC(C)(O/N=C(\C(=O)C[C@@H]1C(=O)N2C(C(=O)O)=C(C=Cc3ccc(CCl)cc3)CS[C@H]12)c1csc(N)n1)C(=O)O.[Br-]. The van der Waals surface area contributed by atoms with E-state index < -0.39 is 81.0 Å². The Morgan fingerprint density at radius 3 is 1.39 bits per heavy atom. The number of carboxylic acid groups (broad SMARTS) is 4. The van der Waals surface area contributed by atoms with Crippen LogP contribution in [0.2, 0.25) is 0 Å². The number of hydrogen-bond donors (Lipinski definition) is 10. The maximum Gasteiger partial charge on any atom is 0.352 e. The number of carbonyl (C=O) groups excluding carboxylic acids is 4. The van der Waals surface area contributed by atoms with Gasteiger partial charge in [0, 0.05) is 70.5 Å². The molecule has 0 aliphatic carbocycles. The number of terminal acetylenes is 2. The van der Waals surface area contributed by atoms with Gasteiger partial charge in [-0.2, -0.15) is 0 Å². The minimum atomic E-state index is -1.76. The van der Waals surface area contributed by atoms with Crippen molar-refractivity contribution in [3.63, 3.8) is 0 Å². The number of β-lactam (4-membered cyclic amide) rings is 2. The Hall–Kier alpha value is -10.5. The minimum Gasteiger partial charge on any atom is -1.00 e. The smallest absolute Gasteiger partial charge is 0.352 e. The van der Waals surface area contributed by atoms with Crippen molar-refractivity contribution in [1.29, 1.82) is 0 Å². The van der Waals surface area contributed by atoms with Crippen LogP contribution in [0, 0.1) is 36.5 Å². The molecule has 6 aliphatic heterocycles. The number of carboxylic acids is 4. The van der Waals surface area contributed by atoms with E-state index in [9.17, 15) is 79.2 Å². The second-order valence-corrected chi connectivity index (χ2v) is 32.3. The molecule has 2 fully saturated rings. The number of aromatic nitrogens is 2. The van der Waals surface area contributed by atoms with Gasteiger partial charge in [-0.3, -0.25) is 29.0 Å². The molecule has 8 heterocycles. The van der Waals surface area contributed by atoms with Gasteiger partial charge in [-0.15, -0.1) is 70.6 Å². The van der Waals surface area contributed by atoms with Crippen molar-refractivity contribution in [2.24, 2.45) is 22.1 Å². The number of carbonyl (C=O) groups is 8. The number of aliphatic carboxylic acids is 4. The van der Waals surface area contributed by atoms with Gasteiger partial charge >= 0.3 is 23.9 Å². The summed E-state index contributed by atoms with van der Waals surface area (Å²) in [5.74, 6) is -2.98. The number of oxime groups is 2. The molecule has 111 heavy (non-hydrogen) atoms. The summed E-state index contributed by atoms with van der Waals surface area (Å²) in [6.45, 7) is 10.1. The lowest BCUT2D eigenvalue weighted by Gasteiger charge is -2.49. The number of phenols is 4. The molecule has 12 N–H and O–H groups in total. The molecule has 2 amide bonds. The van der Waals surface area contributed by atoms with Crippen LogP contribution in [0.5, 0.6) is 23.0 Å². The summed E-state index contributed by atoms with van der Waals surface area (Å²) in [4.78, 5) is 122. The first-order valence-corrected chi connectivity index (χ1v) is 38.5. The molecule has 0 bridgehead atoms. The molecule has 0 saturated carbocycles. The third-order valence-corrected chi connectivity index (χ3v) is 23.5. The minimum absolute atomic E-state index is 0. The lowest BCUT2D eigenvalue weighted by Crippen LogP contribution is -3.00. The quantitative estimate of drug-likeness (QED) is 0.00616. The first-order valence-electron chi connectivity index (χ1n) is 34.1. The number of amides is 2. The van der Waals surface area contributed by atoms with E-state index in [1.54, 1.807) is 48.6 Å². The van der Waals surface area contributed by atoms with E-state index in [-0.39, 0.29) is 103 Å². The number of fused-ring (bicyclic) bond motifs is 4. The number of nitrogens with two attached hydrogens (primary N) is 2. The summed E-state index contributed by atoms with van der Waals surface area (Å²) in [7, 11) is 2.12. The molecule has 2 unspecified atom stereocenters. The van der Waals surface area contributed by atoms with Crippen molar-refractivity contribution in [2.75, 3.05) is 56.2 Å². The van der Waals surface area contributed by atoms with Gasteiger partial charge in [0.15, 0.2) is 56.3 Å². The summed E-state index contributed by atoms with van der Waals surface area (Å²) < 4.78 is 1.39. The molecule has 2 saturated heterocycles. The Bertz CT molecular complexity index is 4970. The summed E-state index contributed by atoms with van der Waals surface area (Å²) in [5, 5.41) is 87.4. The zero-order valence-electron chi connectivity index (χ0n) is 60.5. The second kappa shape index (κ2) is 35.3. The Labute approximate surface area is 670 Å². The molecule has 6 atom stereocenters. The van der Waals surface area contributed by atoms with Gasteiger partial charge in [-0.25, -0.2) is 29.1 Å². The van der Waals surface area contributed by atoms with Crippen molar-refractivity contribution in [3.05, 3.63) is 174 Å². The predicted molar refractivity (Wildman–Crippen MR) is 416 cm³/mol. The predicted octanol–water partition coefficient (Wildman–Crippen LogP) is 5.80. The molecule has 28 nitrogen and oxygen atoms in total. The maximum atomic E-state index is 13.5. The van der Waals surface area contributed by atoms with Crippen molar-refractivity contribution in [2.45, 2.75) is 101 Å². The number of alkyl halides is 1.